The second-order valence-electron chi connectivity index (χ2n) is 4.11. The van der Waals surface area contributed by atoms with Crippen LogP contribution in [0.5, 0.6) is 0 Å². The molecule has 1 heterocycles. The molecule has 0 unspecified atom stereocenters. The predicted molar refractivity (Wildman–Crippen MR) is 52.1 cm³/mol. The summed E-state index contributed by atoms with van der Waals surface area (Å²) in [6.07, 6.45) is 2.76. The Morgan fingerprint density at radius 1 is 1.38 bits per heavy atom. The first-order valence-corrected chi connectivity index (χ1v) is 4.68. The Labute approximate surface area is 84.3 Å². The zero-order chi connectivity index (χ0) is 8.55. The number of hydrogen-bond acceptors (Lipinski definition) is 2. The van der Waals surface area contributed by atoms with Crippen molar-refractivity contribution in [3.63, 3.8) is 0 Å². The average molecular weight is 206 g/mol. The van der Waals surface area contributed by atoms with Gasteiger partial charge in [0.25, 0.3) is 0 Å². The maximum atomic E-state index is 10.5. The summed E-state index contributed by atoms with van der Waals surface area (Å²) in [6, 6.07) is 0. The lowest BCUT2D eigenvalue weighted by Crippen LogP contribution is -2.32. The SMILES string of the molecule is Cl.O=C(O)C[C@@H]1C[C@@H]2CNC[C@H]1C2. The molecular formula is C9H16ClNO2. The maximum Gasteiger partial charge on any atom is 0.303 e. The van der Waals surface area contributed by atoms with Gasteiger partial charge in [-0.3, -0.25) is 4.79 Å². The largest absolute Gasteiger partial charge is 0.481 e. The molecule has 2 rings (SSSR count). The summed E-state index contributed by atoms with van der Waals surface area (Å²) >= 11 is 0. The summed E-state index contributed by atoms with van der Waals surface area (Å²) in [6.45, 7) is 2.14. The summed E-state index contributed by atoms with van der Waals surface area (Å²) in [5.41, 5.74) is 0. The molecule has 0 aromatic heterocycles. The van der Waals surface area contributed by atoms with E-state index in [0.717, 1.165) is 25.4 Å². The standard InChI is InChI=1S/C9H15NO2.ClH/c11-9(12)3-7-1-6-2-8(7)5-10-4-6;/h6-8,10H,1-5H2,(H,11,12);1H/t6-,7-,8+;/m0./s1. The van der Waals surface area contributed by atoms with Crippen molar-refractivity contribution in [2.45, 2.75) is 19.3 Å². The van der Waals surface area contributed by atoms with Gasteiger partial charge in [-0.05, 0) is 43.7 Å². The molecule has 3 nitrogen and oxygen atoms in total. The Kier molecular flexibility index (Phi) is 3.56. The number of nitrogens with one attached hydrogen (secondary N) is 1. The minimum atomic E-state index is -0.632. The van der Waals surface area contributed by atoms with Crippen LogP contribution in [0.25, 0.3) is 0 Å². The van der Waals surface area contributed by atoms with Gasteiger partial charge in [0, 0.05) is 6.42 Å². The third kappa shape index (κ3) is 2.35. The molecule has 1 aliphatic carbocycles. The van der Waals surface area contributed by atoms with E-state index in [2.05, 4.69) is 5.32 Å². The van der Waals surface area contributed by atoms with Crippen molar-refractivity contribution in [2.75, 3.05) is 13.1 Å². The van der Waals surface area contributed by atoms with Gasteiger partial charge in [-0.25, -0.2) is 0 Å². The van der Waals surface area contributed by atoms with Crippen LogP contribution in [0.3, 0.4) is 0 Å². The quantitative estimate of drug-likeness (QED) is 0.711. The van der Waals surface area contributed by atoms with E-state index >= 15 is 0 Å². The second kappa shape index (κ2) is 4.29. The Hall–Kier alpha value is -0.280. The zero-order valence-electron chi connectivity index (χ0n) is 7.53. The highest BCUT2D eigenvalue weighted by Gasteiger charge is 2.37. The first kappa shape index (κ1) is 10.8. The number of piperidine rings is 1. The van der Waals surface area contributed by atoms with Crippen molar-refractivity contribution < 1.29 is 9.90 Å². The lowest BCUT2D eigenvalue weighted by atomic mass is 9.93. The van der Waals surface area contributed by atoms with E-state index in [1.807, 2.05) is 0 Å². The van der Waals surface area contributed by atoms with E-state index in [-0.39, 0.29) is 12.4 Å². The van der Waals surface area contributed by atoms with Gasteiger partial charge in [0.05, 0.1) is 0 Å². The number of carboxylic acids is 1. The van der Waals surface area contributed by atoms with Crippen LogP contribution in [-0.2, 0) is 4.79 Å². The van der Waals surface area contributed by atoms with Crippen molar-refractivity contribution in [3.05, 3.63) is 0 Å². The molecule has 1 saturated heterocycles. The van der Waals surface area contributed by atoms with Gasteiger partial charge in [0.15, 0.2) is 0 Å². The molecule has 1 aliphatic heterocycles. The van der Waals surface area contributed by atoms with Crippen LogP contribution in [0.1, 0.15) is 19.3 Å². The van der Waals surface area contributed by atoms with E-state index in [9.17, 15) is 4.79 Å². The summed E-state index contributed by atoms with van der Waals surface area (Å²) in [4.78, 5) is 10.5. The highest BCUT2D eigenvalue weighted by molar-refractivity contribution is 5.85. The molecular weight excluding hydrogens is 190 g/mol. The molecule has 0 aromatic carbocycles. The fraction of sp³-hybridized carbons (Fsp3) is 0.889. The molecule has 4 heteroatoms. The number of rotatable bonds is 2. The van der Waals surface area contributed by atoms with Gasteiger partial charge in [0.2, 0.25) is 0 Å². The first-order chi connectivity index (χ1) is 5.75. The predicted octanol–water partition coefficient (Wildman–Crippen LogP) is 1.13. The summed E-state index contributed by atoms with van der Waals surface area (Å²) < 4.78 is 0. The first-order valence-electron chi connectivity index (χ1n) is 4.68. The van der Waals surface area contributed by atoms with Gasteiger partial charge in [-0.15, -0.1) is 12.4 Å². The Balaban J connectivity index is 0.000000845. The molecule has 0 aromatic rings. The van der Waals surface area contributed by atoms with Gasteiger partial charge >= 0.3 is 5.97 Å². The number of carbonyl (C=O) groups is 1. The molecule has 0 spiro atoms. The molecule has 3 atom stereocenters. The second-order valence-corrected chi connectivity index (χ2v) is 4.11. The fourth-order valence-corrected chi connectivity index (χ4v) is 2.70. The maximum absolute atomic E-state index is 10.5. The molecule has 13 heavy (non-hydrogen) atoms. The number of halogens is 1. The third-order valence-electron chi connectivity index (χ3n) is 3.22. The molecule has 1 saturated carbocycles. The minimum absolute atomic E-state index is 0. The van der Waals surface area contributed by atoms with Gasteiger partial charge in [-0.1, -0.05) is 0 Å². The minimum Gasteiger partial charge on any atom is -0.481 e. The van der Waals surface area contributed by atoms with Gasteiger partial charge < -0.3 is 10.4 Å². The summed E-state index contributed by atoms with van der Waals surface area (Å²) in [5.74, 6) is 1.21. The van der Waals surface area contributed by atoms with Crippen LogP contribution < -0.4 is 5.32 Å². The monoisotopic (exact) mass is 205 g/mol. The van der Waals surface area contributed by atoms with E-state index in [0.29, 0.717) is 18.3 Å². The van der Waals surface area contributed by atoms with E-state index in [4.69, 9.17) is 5.11 Å². The van der Waals surface area contributed by atoms with Crippen molar-refractivity contribution in [2.24, 2.45) is 17.8 Å². The molecule has 0 radical (unpaired) electrons. The molecule has 0 amide bonds. The molecule has 2 N–H and O–H groups in total. The van der Waals surface area contributed by atoms with Crippen molar-refractivity contribution >= 4 is 18.4 Å². The number of fused-ring (bicyclic) bond motifs is 2. The lowest BCUT2D eigenvalue weighted by Gasteiger charge is -2.21. The van der Waals surface area contributed by atoms with Crippen LogP contribution >= 0.6 is 12.4 Å². The zero-order valence-corrected chi connectivity index (χ0v) is 8.35. The van der Waals surface area contributed by atoms with E-state index in [1.165, 1.54) is 6.42 Å². The Morgan fingerprint density at radius 2 is 2.15 bits per heavy atom. The van der Waals surface area contributed by atoms with Crippen LogP contribution in [-0.4, -0.2) is 24.2 Å². The van der Waals surface area contributed by atoms with E-state index in [1.54, 1.807) is 0 Å². The van der Waals surface area contributed by atoms with Crippen molar-refractivity contribution in [1.29, 1.82) is 0 Å². The number of hydrogen-bond donors (Lipinski definition) is 2. The van der Waals surface area contributed by atoms with Gasteiger partial charge in [-0.2, -0.15) is 0 Å². The highest BCUT2D eigenvalue weighted by Crippen LogP contribution is 2.39. The van der Waals surface area contributed by atoms with Crippen LogP contribution in [0.15, 0.2) is 0 Å². The number of aliphatic carboxylic acids is 1. The fourth-order valence-electron chi connectivity index (χ4n) is 2.70. The summed E-state index contributed by atoms with van der Waals surface area (Å²) in [5, 5.41) is 12.0. The smallest absolute Gasteiger partial charge is 0.303 e. The Morgan fingerprint density at radius 3 is 2.77 bits per heavy atom. The van der Waals surface area contributed by atoms with Crippen LogP contribution in [0, 0.1) is 17.8 Å². The Bertz CT molecular complexity index is 198. The number of carboxylic acid groups (broad SMARTS) is 1. The van der Waals surface area contributed by atoms with Crippen molar-refractivity contribution in [1.82, 2.24) is 5.32 Å². The van der Waals surface area contributed by atoms with Gasteiger partial charge in [0.1, 0.15) is 0 Å². The molecule has 2 aliphatic rings. The topological polar surface area (TPSA) is 49.3 Å². The molecule has 2 fully saturated rings. The summed E-state index contributed by atoms with van der Waals surface area (Å²) in [7, 11) is 0. The normalized spacial score (nSPS) is 36.8. The molecule has 76 valence electrons. The average Bonchev–Trinajstić information content (AvgIpc) is 2.26. The van der Waals surface area contributed by atoms with Crippen LogP contribution in [0.4, 0.5) is 0 Å². The van der Waals surface area contributed by atoms with Crippen molar-refractivity contribution in [3.8, 4) is 0 Å². The molecule has 2 bridgehead atoms. The third-order valence-corrected chi connectivity index (χ3v) is 3.22. The van der Waals surface area contributed by atoms with E-state index < -0.39 is 5.97 Å². The van der Waals surface area contributed by atoms with Crippen LogP contribution in [0.2, 0.25) is 0 Å². The highest BCUT2D eigenvalue weighted by atomic mass is 35.5. The lowest BCUT2D eigenvalue weighted by molar-refractivity contribution is -0.138.